The molecule has 2 unspecified atom stereocenters. The quantitative estimate of drug-likeness (QED) is 0.840. The lowest BCUT2D eigenvalue weighted by Crippen LogP contribution is -2.45. The molecule has 2 aliphatic rings. The van der Waals surface area contributed by atoms with Gasteiger partial charge in [0.25, 0.3) is 0 Å². The Morgan fingerprint density at radius 3 is 2.57 bits per heavy atom. The largest absolute Gasteiger partial charge is 0.490 e. The van der Waals surface area contributed by atoms with E-state index in [-0.39, 0.29) is 18.2 Å². The molecule has 5 heteroatoms. The fourth-order valence-electron chi connectivity index (χ4n) is 3.19. The highest BCUT2D eigenvalue weighted by atomic mass is 16.6. The van der Waals surface area contributed by atoms with Gasteiger partial charge in [-0.25, -0.2) is 4.79 Å². The lowest BCUT2D eigenvalue weighted by atomic mass is 10.1. The summed E-state index contributed by atoms with van der Waals surface area (Å²) in [5, 5.41) is 0. The number of piperidine rings is 1. The Hall–Kier alpha value is -1.78. The van der Waals surface area contributed by atoms with Crippen LogP contribution in [-0.2, 0) is 4.74 Å². The third-order valence-corrected chi connectivity index (χ3v) is 4.04. The first-order chi connectivity index (χ1) is 9.92. The molecule has 1 saturated heterocycles. The van der Waals surface area contributed by atoms with Crippen LogP contribution in [0.1, 0.15) is 33.6 Å². The molecule has 1 aromatic heterocycles. The van der Waals surface area contributed by atoms with E-state index in [9.17, 15) is 4.79 Å². The average Bonchev–Trinajstić information content (AvgIpc) is 2.97. The van der Waals surface area contributed by atoms with Gasteiger partial charge in [0, 0.05) is 37.3 Å². The molecule has 2 fully saturated rings. The van der Waals surface area contributed by atoms with Crippen LogP contribution < -0.4 is 4.74 Å². The first kappa shape index (κ1) is 14.2. The molecule has 1 saturated carbocycles. The number of likely N-dealkylation sites (tertiary alicyclic amines) is 1. The monoisotopic (exact) mass is 290 g/mol. The Morgan fingerprint density at radius 1 is 1.29 bits per heavy atom. The van der Waals surface area contributed by atoms with Crippen LogP contribution in [0.5, 0.6) is 5.75 Å². The van der Waals surface area contributed by atoms with Gasteiger partial charge in [0.15, 0.2) is 0 Å². The van der Waals surface area contributed by atoms with Crippen molar-refractivity contribution in [2.45, 2.75) is 51.4 Å². The number of ether oxygens (including phenoxy) is 2. The minimum Gasteiger partial charge on any atom is -0.490 e. The van der Waals surface area contributed by atoms with Crippen LogP contribution >= 0.6 is 0 Å². The molecule has 1 aliphatic carbocycles. The molecule has 1 aliphatic heterocycles. The van der Waals surface area contributed by atoms with Crippen molar-refractivity contribution in [3.63, 3.8) is 0 Å². The van der Waals surface area contributed by atoms with Gasteiger partial charge in [-0.05, 0) is 39.3 Å². The number of carbonyl (C=O) groups excluding carboxylic acids is 1. The van der Waals surface area contributed by atoms with E-state index in [0.717, 1.165) is 25.1 Å². The number of hydrogen-bond acceptors (Lipinski definition) is 4. The van der Waals surface area contributed by atoms with E-state index in [1.807, 2.05) is 37.8 Å². The Kier molecular flexibility index (Phi) is 3.51. The van der Waals surface area contributed by atoms with E-state index in [1.54, 1.807) is 12.4 Å². The van der Waals surface area contributed by atoms with Crippen LogP contribution in [0, 0.1) is 5.92 Å². The molecule has 21 heavy (non-hydrogen) atoms. The second-order valence-electron chi connectivity index (χ2n) is 6.86. The summed E-state index contributed by atoms with van der Waals surface area (Å²) in [6.45, 7) is 6.42. The molecule has 5 nitrogen and oxygen atoms in total. The Balaban J connectivity index is 1.58. The van der Waals surface area contributed by atoms with Gasteiger partial charge in [-0.2, -0.15) is 0 Å². The van der Waals surface area contributed by atoms with Crippen molar-refractivity contribution in [3.8, 4) is 5.75 Å². The molecule has 0 aromatic carbocycles. The standard InChI is InChI=1S/C16H22N2O3/c1-16(2,3)21-15(19)18-10-11-8-12(18)9-14(11)20-13-4-6-17-7-5-13/h4-7,11-12,14H,8-10H2,1-3H3/t11?,12?,14-/m0/s1. The molecule has 1 aromatic rings. The van der Waals surface area contributed by atoms with Gasteiger partial charge in [0.1, 0.15) is 17.5 Å². The number of fused-ring (bicyclic) bond motifs is 2. The molecular weight excluding hydrogens is 268 g/mol. The summed E-state index contributed by atoms with van der Waals surface area (Å²) in [6, 6.07) is 3.99. The van der Waals surface area contributed by atoms with Crippen molar-refractivity contribution in [2.24, 2.45) is 5.92 Å². The molecular formula is C16H22N2O3. The van der Waals surface area contributed by atoms with E-state index in [1.165, 1.54) is 0 Å². The van der Waals surface area contributed by atoms with Gasteiger partial charge >= 0.3 is 6.09 Å². The summed E-state index contributed by atoms with van der Waals surface area (Å²) in [5.41, 5.74) is -0.439. The topological polar surface area (TPSA) is 51.7 Å². The Bertz CT molecular complexity index is 512. The smallest absolute Gasteiger partial charge is 0.410 e. The lowest BCUT2D eigenvalue weighted by molar-refractivity contribution is 0.0105. The fraction of sp³-hybridized carbons (Fsp3) is 0.625. The molecule has 3 rings (SSSR count). The second-order valence-corrected chi connectivity index (χ2v) is 6.86. The first-order valence-electron chi connectivity index (χ1n) is 7.49. The third kappa shape index (κ3) is 3.12. The van der Waals surface area contributed by atoms with E-state index in [0.29, 0.717) is 5.92 Å². The minimum atomic E-state index is -0.439. The summed E-state index contributed by atoms with van der Waals surface area (Å²) < 4.78 is 11.5. The van der Waals surface area contributed by atoms with Crippen LogP contribution in [0.2, 0.25) is 0 Å². The molecule has 0 radical (unpaired) electrons. The maximum Gasteiger partial charge on any atom is 0.410 e. The fourth-order valence-corrected chi connectivity index (χ4v) is 3.19. The molecule has 1 amide bonds. The van der Waals surface area contributed by atoms with Gasteiger partial charge in [0.05, 0.1) is 0 Å². The molecule has 0 N–H and O–H groups in total. The number of carbonyl (C=O) groups is 1. The number of rotatable bonds is 2. The van der Waals surface area contributed by atoms with Gasteiger partial charge in [0.2, 0.25) is 0 Å². The van der Waals surface area contributed by atoms with Crippen LogP contribution in [0.25, 0.3) is 0 Å². The van der Waals surface area contributed by atoms with Gasteiger partial charge < -0.3 is 14.4 Å². The predicted molar refractivity (Wildman–Crippen MR) is 78.1 cm³/mol. The van der Waals surface area contributed by atoms with Crippen molar-refractivity contribution in [2.75, 3.05) is 6.54 Å². The highest BCUT2D eigenvalue weighted by Crippen LogP contribution is 2.40. The summed E-state index contributed by atoms with van der Waals surface area (Å²) in [6.07, 6.45) is 5.35. The second kappa shape index (κ2) is 5.20. The summed E-state index contributed by atoms with van der Waals surface area (Å²) >= 11 is 0. The maximum atomic E-state index is 12.2. The zero-order valence-electron chi connectivity index (χ0n) is 12.8. The van der Waals surface area contributed by atoms with E-state index in [4.69, 9.17) is 9.47 Å². The first-order valence-corrected chi connectivity index (χ1v) is 7.49. The van der Waals surface area contributed by atoms with Crippen LogP contribution in [-0.4, -0.2) is 40.3 Å². The zero-order valence-corrected chi connectivity index (χ0v) is 12.8. The number of pyridine rings is 1. The molecule has 114 valence electrons. The van der Waals surface area contributed by atoms with E-state index in [2.05, 4.69) is 4.98 Å². The highest BCUT2D eigenvalue weighted by molar-refractivity contribution is 5.69. The maximum absolute atomic E-state index is 12.2. The van der Waals surface area contributed by atoms with Crippen LogP contribution in [0.15, 0.2) is 24.5 Å². The van der Waals surface area contributed by atoms with Crippen molar-refractivity contribution in [3.05, 3.63) is 24.5 Å². The Morgan fingerprint density at radius 2 is 2.00 bits per heavy atom. The SMILES string of the molecule is CC(C)(C)OC(=O)N1CC2CC1C[C@@H]2Oc1ccncc1. The van der Waals surface area contributed by atoms with E-state index >= 15 is 0 Å². The number of amides is 1. The van der Waals surface area contributed by atoms with Crippen molar-refractivity contribution < 1.29 is 14.3 Å². The van der Waals surface area contributed by atoms with Crippen molar-refractivity contribution >= 4 is 6.09 Å². The normalized spacial score (nSPS) is 27.8. The number of nitrogens with zero attached hydrogens (tertiary/aromatic N) is 2. The summed E-state index contributed by atoms with van der Waals surface area (Å²) in [5.74, 6) is 1.25. The molecule has 2 bridgehead atoms. The Labute approximate surface area is 125 Å². The van der Waals surface area contributed by atoms with Gasteiger partial charge in [-0.3, -0.25) is 4.98 Å². The van der Waals surface area contributed by atoms with Crippen molar-refractivity contribution in [1.82, 2.24) is 9.88 Å². The van der Waals surface area contributed by atoms with E-state index < -0.39 is 5.60 Å². The number of hydrogen-bond donors (Lipinski definition) is 0. The lowest BCUT2D eigenvalue weighted by Gasteiger charge is -2.33. The average molecular weight is 290 g/mol. The van der Waals surface area contributed by atoms with Crippen LogP contribution in [0.3, 0.4) is 0 Å². The molecule has 2 heterocycles. The van der Waals surface area contributed by atoms with Gasteiger partial charge in [-0.1, -0.05) is 0 Å². The summed E-state index contributed by atoms with van der Waals surface area (Å²) in [7, 11) is 0. The van der Waals surface area contributed by atoms with Crippen molar-refractivity contribution in [1.29, 1.82) is 0 Å². The number of aromatic nitrogens is 1. The summed E-state index contributed by atoms with van der Waals surface area (Å²) in [4.78, 5) is 18.0. The molecule has 3 atom stereocenters. The minimum absolute atomic E-state index is 0.191. The third-order valence-electron chi connectivity index (χ3n) is 4.04. The highest BCUT2D eigenvalue weighted by Gasteiger charge is 2.48. The zero-order chi connectivity index (χ0) is 15.0. The predicted octanol–water partition coefficient (Wildman–Crippen LogP) is 2.86. The van der Waals surface area contributed by atoms with Crippen LogP contribution in [0.4, 0.5) is 4.79 Å². The molecule has 0 spiro atoms. The van der Waals surface area contributed by atoms with Gasteiger partial charge in [-0.15, -0.1) is 0 Å².